The molecule has 1 nitrogen and oxygen atoms in total. The van der Waals surface area contributed by atoms with Gasteiger partial charge in [0.2, 0.25) is 0 Å². The molecule has 0 bridgehead atoms. The van der Waals surface area contributed by atoms with Gasteiger partial charge in [-0.3, -0.25) is 0 Å². The molecule has 0 atom stereocenters. The van der Waals surface area contributed by atoms with E-state index in [9.17, 15) is 13.2 Å². The van der Waals surface area contributed by atoms with Crippen molar-refractivity contribution in [3.63, 3.8) is 0 Å². The van der Waals surface area contributed by atoms with E-state index in [0.29, 0.717) is 5.92 Å². The number of ether oxygens (including phenoxy) is 1. The van der Waals surface area contributed by atoms with E-state index in [-0.39, 0.29) is 5.75 Å². The smallest absolute Gasteiger partial charge is 0.406 e. The summed E-state index contributed by atoms with van der Waals surface area (Å²) in [5.41, 5.74) is 1.16. The van der Waals surface area contributed by atoms with E-state index in [1.165, 1.54) is 76.3 Å². The Morgan fingerprint density at radius 2 is 1.36 bits per heavy atom. The molecule has 0 radical (unpaired) electrons. The fourth-order valence-corrected chi connectivity index (χ4v) is 5.39. The molecule has 28 heavy (non-hydrogen) atoms. The standard InChI is InChI=1S/C24H35F3O/c1-2-3-4-18-5-7-19(8-6-18)17-20-9-11-21(12-10-20)22-13-15-23(16-14-22)28-24(25,26)27/h13-16,18-21H,2-12,17H2,1H3. The minimum Gasteiger partial charge on any atom is -0.406 e. The van der Waals surface area contributed by atoms with E-state index in [1.807, 2.05) is 12.1 Å². The molecule has 2 fully saturated rings. The van der Waals surface area contributed by atoms with Crippen molar-refractivity contribution in [3.8, 4) is 5.75 Å². The van der Waals surface area contributed by atoms with Crippen LogP contribution in [0.25, 0.3) is 0 Å². The Kier molecular flexibility index (Phi) is 7.70. The van der Waals surface area contributed by atoms with Crippen LogP contribution in [0.1, 0.15) is 95.5 Å². The Balaban J connectivity index is 1.39. The number of hydrogen-bond donors (Lipinski definition) is 0. The van der Waals surface area contributed by atoms with E-state index in [2.05, 4.69) is 11.7 Å². The van der Waals surface area contributed by atoms with Crippen LogP contribution in [-0.2, 0) is 0 Å². The molecule has 0 amide bonds. The molecule has 2 saturated carbocycles. The van der Waals surface area contributed by atoms with Crippen molar-refractivity contribution in [1.29, 1.82) is 0 Å². The van der Waals surface area contributed by atoms with E-state index in [1.54, 1.807) is 0 Å². The van der Waals surface area contributed by atoms with E-state index < -0.39 is 6.36 Å². The van der Waals surface area contributed by atoms with Gasteiger partial charge in [0, 0.05) is 0 Å². The van der Waals surface area contributed by atoms with Crippen LogP contribution in [-0.4, -0.2) is 6.36 Å². The van der Waals surface area contributed by atoms with Crippen molar-refractivity contribution >= 4 is 0 Å². The first-order chi connectivity index (χ1) is 13.4. The van der Waals surface area contributed by atoms with Gasteiger partial charge in [-0.15, -0.1) is 13.2 Å². The Hall–Kier alpha value is -1.19. The SMILES string of the molecule is CCCCC1CCC(CC2CCC(c3ccc(OC(F)(F)F)cc3)CC2)CC1. The number of rotatable bonds is 7. The molecule has 0 spiro atoms. The summed E-state index contributed by atoms with van der Waals surface area (Å²) in [5.74, 6) is 3.12. The highest BCUT2D eigenvalue weighted by atomic mass is 19.4. The van der Waals surface area contributed by atoms with Gasteiger partial charge >= 0.3 is 6.36 Å². The minimum atomic E-state index is -4.62. The van der Waals surface area contributed by atoms with Crippen LogP contribution in [0, 0.1) is 17.8 Å². The summed E-state index contributed by atoms with van der Waals surface area (Å²) in [6.07, 6.45) is 11.5. The molecule has 3 rings (SSSR count). The monoisotopic (exact) mass is 396 g/mol. The lowest BCUT2D eigenvalue weighted by Gasteiger charge is -2.34. The molecule has 0 unspecified atom stereocenters. The molecule has 1 aromatic rings. The van der Waals surface area contributed by atoms with E-state index in [4.69, 9.17) is 0 Å². The zero-order valence-electron chi connectivity index (χ0n) is 17.1. The third-order valence-corrected chi connectivity index (χ3v) is 7.03. The third-order valence-electron chi connectivity index (χ3n) is 7.03. The highest BCUT2D eigenvalue weighted by molar-refractivity contribution is 5.29. The normalized spacial score (nSPS) is 28.9. The first-order valence-corrected chi connectivity index (χ1v) is 11.3. The lowest BCUT2D eigenvalue weighted by Crippen LogP contribution is -2.20. The first kappa shape index (κ1) is 21.5. The van der Waals surface area contributed by atoms with E-state index in [0.717, 1.165) is 36.2 Å². The second kappa shape index (κ2) is 10.0. The number of alkyl halides is 3. The Labute approximate surface area is 168 Å². The number of halogens is 3. The van der Waals surface area contributed by atoms with Crippen LogP contribution >= 0.6 is 0 Å². The molecule has 158 valence electrons. The summed E-state index contributed by atoms with van der Waals surface area (Å²) in [6.45, 7) is 2.28. The number of hydrogen-bond acceptors (Lipinski definition) is 1. The molecule has 2 aliphatic carbocycles. The number of unbranched alkanes of at least 4 members (excludes halogenated alkanes) is 1. The van der Waals surface area contributed by atoms with Crippen LogP contribution in [0.5, 0.6) is 5.75 Å². The van der Waals surface area contributed by atoms with Crippen molar-refractivity contribution in [2.24, 2.45) is 17.8 Å². The molecule has 4 heteroatoms. The highest BCUT2D eigenvalue weighted by Crippen LogP contribution is 2.42. The topological polar surface area (TPSA) is 9.23 Å². The lowest BCUT2D eigenvalue weighted by molar-refractivity contribution is -0.274. The van der Waals surface area contributed by atoms with Crippen LogP contribution in [0.4, 0.5) is 13.2 Å². The maximum Gasteiger partial charge on any atom is 0.573 e. The van der Waals surface area contributed by atoms with E-state index >= 15 is 0 Å². The van der Waals surface area contributed by atoms with Gasteiger partial charge in [0.1, 0.15) is 5.75 Å². The fraction of sp³-hybridized carbons (Fsp3) is 0.750. The second-order valence-corrected chi connectivity index (χ2v) is 9.10. The van der Waals surface area contributed by atoms with Gasteiger partial charge in [0.25, 0.3) is 0 Å². The summed E-state index contributed by atoms with van der Waals surface area (Å²) in [4.78, 5) is 0. The quantitative estimate of drug-likeness (QED) is 0.451. The predicted molar refractivity (Wildman–Crippen MR) is 107 cm³/mol. The molecule has 0 aromatic heterocycles. The average molecular weight is 397 g/mol. The predicted octanol–water partition coefficient (Wildman–Crippen LogP) is 8.25. The highest BCUT2D eigenvalue weighted by Gasteiger charge is 2.31. The molecule has 0 aliphatic heterocycles. The Morgan fingerprint density at radius 3 is 1.89 bits per heavy atom. The van der Waals surface area contributed by atoms with Crippen LogP contribution in [0.2, 0.25) is 0 Å². The Morgan fingerprint density at radius 1 is 0.821 bits per heavy atom. The van der Waals surface area contributed by atoms with Crippen molar-refractivity contribution in [1.82, 2.24) is 0 Å². The van der Waals surface area contributed by atoms with Gasteiger partial charge in [-0.1, -0.05) is 64.0 Å². The van der Waals surface area contributed by atoms with Gasteiger partial charge < -0.3 is 4.74 Å². The minimum absolute atomic E-state index is 0.125. The summed E-state index contributed by atoms with van der Waals surface area (Å²) in [5, 5.41) is 0. The molecule has 2 aliphatic rings. The third kappa shape index (κ3) is 6.70. The summed E-state index contributed by atoms with van der Waals surface area (Å²) in [6, 6.07) is 6.52. The molecule has 0 N–H and O–H groups in total. The van der Waals surface area contributed by atoms with Crippen molar-refractivity contribution in [2.45, 2.75) is 96.3 Å². The lowest BCUT2D eigenvalue weighted by atomic mass is 9.71. The molecular weight excluding hydrogens is 361 g/mol. The fourth-order valence-electron chi connectivity index (χ4n) is 5.39. The van der Waals surface area contributed by atoms with Gasteiger partial charge in [0.15, 0.2) is 0 Å². The molecular formula is C24H35F3O. The second-order valence-electron chi connectivity index (χ2n) is 9.10. The number of benzene rings is 1. The van der Waals surface area contributed by atoms with Crippen molar-refractivity contribution in [2.75, 3.05) is 0 Å². The summed E-state index contributed by atoms with van der Waals surface area (Å²) < 4.78 is 40.8. The summed E-state index contributed by atoms with van der Waals surface area (Å²) in [7, 11) is 0. The maximum atomic E-state index is 12.3. The van der Waals surface area contributed by atoms with Crippen LogP contribution in [0.15, 0.2) is 24.3 Å². The maximum absolute atomic E-state index is 12.3. The zero-order valence-corrected chi connectivity index (χ0v) is 17.1. The van der Waals surface area contributed by atoms with Crippen LogP contribution in [0.3, 0.4) is 0 Å². The molecule has 0 heterocycles. The van der Waals surface area contributed by atoms with Crippen LogP contribution < -0.4 is 4.74 Å². The van der Waals surface area contributed by atoms with Gasteiger partial charge in [-0.25, -0.2) is 0 Å². The molecule has 0 saturated heterocycles. The largest absolute Gasteiger partial charge is 0.573 e. The Bertz CT molecular complexity index is 565. The first-order valence-electron chi connectivity index (χ1n) is 11.3. The van der Waals surface area contributed by atoms with Gasteiger partial charge in [0.05, 0.1) is 0 Å². The van der Waals surface area contributed by atoms with Gasteiger partial charge in [-0.2, -0.15) is 0 Å². The zero-order chi connectivity index (χ0) is 20.0. The molecule has 1 aromatic carbocycles. The van der Waals surface area contributed by atoms with Gasteiger partial charge in [-0.05, 0) is 73.5 Å². The average Bonchev–Trinajstić information content (AvgIpc) is 2.67. The van der Waals surface area contributed by atoms with Crippen molar-refractivity contribution in [3.05, 3.63) is 29.8 Å². The van der Waals surface area contributed by atoms with Crippen molar-refractivity contribution < 1.29 is 17.9 Å². The summed E-state index contributed by atoms with van der Waals surface area (Å²) >= 11 is 0.